The summed E-state index contributed by atoms with van der Waals surface area (Å²) in [6.07, 6.45) is 4.85. The average molecular weight is 309 g/mol. The van der Waals surface area contributed by atoms with Crippen molar-refractivity contribution in [2.45, 2.75) is 32.6 Å². The van der Waals surface area contributed by atoms with E-state index in [0.29, 0.717) is 5.82 Å². The van der Waals surface area contributed by atoms with Crippen molar-refractivity contribution in [3.8, 4) is 11.1 Å². The van der Waals surface area contributed by atoms with Gasteiger partial charge in [0, 0.05) is 12.1 Å². The lowest BCUT2D eigenvalue weighted by molar-refractivity contribution is 0.669. The number of anilines is 1. The maximum Gasteiger partial charge on any atom is 0.155 e. The fraction of sp³-hybridized carbons (Fsp3) is 0.333. The molecule has 0 unspecified atom stereocenters. The highest BCUT2D eigenvalue weighted by Gasteiger charge is 2.10. The van der Waals surface area contributed by atoms with Gasteiger partial charge in [0.25, 0.3) is 0 Å². The fourth-order valence-electron chi connectivity index (χ4n) is 2.76. The quantitative estimate of drug-likeness (QED) is 0.608. The lowest BCUT2D eigenvalue weighted by atomic mass is 10.0. The predicted molar refractivity (Wildman–Crippen MR) is 94.9 cm³/mol. The number of nitrogen functional groups attached to an aromatic ring is 1. The molecule has 4 N–H and O–H groups in total. The summed E-state index contributed by atoms with van der Waals surface area (Å²) < 4.78 is 0. The zero-order valence-corrected chi connectivity index (χ0v) is 13.5. The number of hydrogen-bond acceptors (Lipinski definition) is 3. The van der Waals surface area contributed by atoms with E-state index >= 15 is 0 Å². The number of nitrogens with one attached hydrogen (secondary N) is 2. The fourth-order valence-corrected chi connectivity index (χ4v) is 2.76. The monoisotopic (exact) mass is 309 g/mol. The van der Waals surface area contributed by atoms with Gasteiger partial charge < -0.3 is 10.7 Å². The molecular formula is C18H23N5. The first-order chi connectivity index (χ1) is 11.3. The van der Waals surface area contributed by atoms with E-state index in [2.05, 4.69) is 45.3 Å². The van der Waals surface area contributed by atoms with Gasteiger partial charge in [-0.3, -0.25) is 10.1 Å². The number of fused-ring (bicyclic) bond motifs is 1. The number of aromatic nitrogens is 3. The second kappa shape index (κ2) is 7.13. The van der Waals surface area contributed by atoms with Gasteiger partial charge in [0.15, 0.2) is 5.82 Å². The molecule has 0 aliphatic rings. The van der Waals surface area contributed by atoms with E-state index < -0.39 is 0 Å². The number of aromatic amines is 2. The highest BCUT2D eigenvalue weighted by Crippen LogP contribution is 2.28. The zero-order chi connectivity index (χ0) is 16.1. The van der Waals surface area contributed by atoms with Gasteiger partial charge in [0.1, 0.15) is 11.1 Å². The summed E-state index contributed by atoms with van der Waals surface area (Å²) in [5, 5.41) is 8.00. The average Bonchev–Trinajstić information content (AvgIpc) is 2.96. The highest BCUT2D eigenvalue weighted by molar-refractivity contribution is 5.99. The van der Waals surface area contributed by atoms with Gasteiger partial charge in [0.05, 0.1) is 5.39 Å². The van der Waals surface area contributed by atoms with Gasteiger partial charge in [-0.15, -0.1) is 0 Å². The minimum atomic E-state index is 0.504. The number of nitrogens with zero attached hydrogens (tertiary/aromatic N) is 2. The molecule has 0 radical (unpaired) electrons. The van der Waals surface area contributed by atoms with Crippen LogP contribution in [0.15, 0.2) is 41.4 Å². The molecule has 0 bridgehead atoms. The number of benzene rings is 1. The number of rotatable bonds is 6. The third-order valence-corrected chi connectivity index (χ3v) is 3.98. The van der Waals surface area contributed by atoms with Crippen LogP contribution in [0.4, 0.5) is 5.82 Å². The van der Waals surface area contributed by atoms with Crippen LogP contribution < -0.4 is 11.2 Å². The number of hydrogen-bond donors (Lipinski definition) is 3. The molecule has 0 spiro atoms. The number of pyridine rings is 1. The number of H-pyrrole nitrogens is 2. The van der Waals surface area contributed by atoms with Crippen molar-refractivity contribution >= 4 is 16.9 Å². The Morgan fingerprint density at radius 2 is 1.96 bits per heavy atom. The Kier molecular flexibility index (Phi) is 4.76. The Morgan fingerprint density at radius 3 is 2.74 bits per heavy atom. The Morgan fingerprint density at radius 1 is 1.13 bits per heavy atom. The van der Waals surface area contributed by atoms with Crippen LogP contribution in [0.1, 0.15) is 32.6 Å². The Hall–Kier alpha value is -2.56. The van der Waals surface area contributed by atoms with Crippen LogP contribution in [0.25, 0.3) is 22.2 Å². The van der Waals surface area contributed by atoms with Crippen molar-refractivity contribution in [2.75, 3.05) is 12.3 Å². The van der Waals surface area contributed by atoms with Crippen molar-refractivity contribution in [3.05, 3.63) is 41.9 Å². The van der Waals surface area contributed by atoms with Crippen LogP contribution >= 0.6 is 0 Å². The summed E-state index contributed by atoms with van der Waals surface area (Å²) in [4.78, 5) is 7.96. The number of unbranched alkanes of at least 4 members (excludes halogenated alkanes) is 3. The zero-order valence-electron chi connectivity index (χ0n) is 13.5. The maximum absolute atomic E-state index is 6.03. The van der Waals surface area contributed by atoms with Crippen LogP contribution in [0.5, 0.6) is 0 Å². The minimum absolute atomic E-state index is 0.504. The van der Waals surface area contributed by atoms with Gasteiger partial charge in [-0.2, -0.15) is 5.10 Å². The Labute approximate surface area is 135 Å². The van der Waals surface area contributed by atoms with Crippen LogP contribution in [-0.4, -0.2) is 21.7 Å². The van der Waals surface area contributed by atoms with E-state index in [1.165, 1.54) is 19.3 Å². The van der Waals surface area contributed by atoms with Crippen LogP contribution in [-0.2, 0) is 0 Å². The van der Waals surface area contributed by atoms with Gasteiger partial charge >= 0.3 is 0 Å². The molecule has 5 nitrogen and oxygen atoms in total. The van der Waals surface area contributed by atoms with E-state index in [-0.39, 0.29) is 0 Å². The first-order valence-corrected chi connectivity index (χ1v) is 8.22. The maximum atomic E-state index is 6.03. The van der Waals surface area contributed by atoms with E-state index in [4.69, 9.17) is 5.73 Å². The molecule has 0 atom stereocenters. The molecule has 0 amide bonds. The summed E-state index contributed by atoms with van der Waals surface area (Å²) in [6.45, 7) is 3.05. The lowest BCUT2D eigenvalue weighted by Crippen LogP contribution is -2.09. The Balaban J connectivity index is 2.00. The SMILES string of the molecule is CCCCCCN=c1cc(-c2ccccc2)c2c(N)n[nH]c2[nH]1. The molecule has 0 fully saturated rings. The van der Waals surface area contributed by atoms with Crippen molar-refractivity contribution in [1.82, 2.24) is 15.2 Å². The molecule has 1 aromatic carbocycles. The van der Waals surface area contributed by atoms with Gasteiger partial charge in [-0.25, -0.2) is 0 Å². The van der Waals surface area contributed by atoms with Crippen molar-refractivity contribution in [1.29, 1.82) is 0 Å². The molecule has 3 aromatic rings. The molecule has 5 heteroatoms. The third-order valence-electron chi connectivity index (χ3n) is 3.98. The Bertz CT molecular complexity index is 829. The van der Waals surface area contributed by atoms with Gasteiger partial charge in [0.2, 0.25) is 0 Å². The summed E-state index contributed by atoms with van der Waals surface area (Å²) in [5.41, 5.74) is 9.87. The molecule has 3 rings (SSSR count). The topological polar surface area (TPSA) is 82.8 Å². The molecule has 0 aliphatic carbocycles. The third kappa shape index (κ3) is 3.44. The summed E-state index contributed by atoms with van der Waals surface area (Å²) in [7, 11) is 0. The van der Waals surface area contributed by atoms with E-state index in [0.717, 1.165) is 40.6 Å². The smallest absolute Gasteiger partial charge is 0.155 e. The molecule has 0 saturated heterocycles. The number of nitrogens with two attached hydrogens (primary N) is 1. The minimum Gasteiger partial charge on any atom is -0.382 e. The molecule has 0 aliphatic heterocycles. The standard InChI is InChI=1S/C18H23N5/c1-2-3-4-8-11-20-15-12-14(13-9-6-5-7-10-13)16-17(19)22-23-18(16)21-15/h5-7,9-10,12H,2-4,8,11H2,1H3,(H4,19,20,21,22,23). The van der Waals surface area contributed by atoms with Gasteiger partial charge in [-0.05, 0) is 18.1 Å². The summed E-state index contributed by atoms with van der Waals surface area (Å²) in [5.74, 6) is 0.504. The molecular weight excluding hydrogens is 286 g/mol. The molecule has 120 valence electrons. The first-order valence-electron chi connectivity index (χ1n) is 8.22. The highest BCUT2D eigenvalue weighted by atomic mass is 15.2. The largest absolute Gasteiger partial charge is 0.382 e. The lowest BCUT2D eigenvalue weighted by Gasteiger charge is -2.04. The van der Waals surface area contributed by atoms with E-state index in [1.54, 1.807) is 0 Å². The van der Waals surface area contributed by atoms with Crippen molar-refractivity contribution < 1.29 is 0 Å². The van der Waals surface area contributed by atoms with E-state index in [1.807, 2.05) is 18.2 Å². The second-order valence-electron chi connectivity index (χ2n) is 5.74. The van der Waals surface area contributed by atoms with Crippen LogP contribution in [0.2, 0.25) is 0 Å². The van der Waals surface area contributed by atoms with Crippen molar-refractivity contribution in [3.63, 3.8) is 0 Å². The molecule has 0 saturated carbocycles. The van der Waals surface area contributed by atoms with Gasteiger partial charge in [-0.1, -0.05) is 56.5 Å². The summed E-state index contributed by atoms with van der Waals surface area (Å²) in [6, 6.07) is 12.3. The van der Waals surface area contributed by atoms with E-state index in [9.17, 15) is 0 Å². The first kappa shape index (κ1) is 15.3. The second-order valence-corrected chi connectivity index (χ2v) is 5.74. The normalized spacial score (nSPS) is 12.1. The van der Waals surface area contributed by atoms with Crippen molar-refractivity contribution in [2.24, 2.45) is 4.99 Å². The molecule has 2 heterocycles. The van der Waals surface area contributed by atoms with Crippen LogP contribution in [0.3, 0.4) is 0 Å². The van der Waals surface area contributed by atoms with Crippen LogP contribution in [0, 0.1) is 0 Å². The predicted octanol–water partition coefficient (Wildman–Crippen LogP) is 3.62. The summed E-state index contributed by atoms with van der Waals surface area (Å²) >= 11 is 0. The molecule has 23 heavy (non-hydrogen) atoms. The molecule has 2 aromatic heterocycles.